The number of carbonyl (C=O) groups is 1. The van der Waals surface area contributed by atoms with Crippen molar-refractivity contribution in [3.63, 3.8) is 0 Å². The summed E-state index contributed by atoms with van der Waals surface area (Å²) in [4.78, 5) is 10.2. The highest BCUT2D eigenvalue weighted by atomic mass is 35.5. The van der Waals surface area contributed by atoms with Crippen molar-refractivity contribution in [1.29, 1.82) is 0 Å². The number of halogens is 1. The monoisotopic (exact) mass is 239 g/mol. The second kappa shape index (κ2) is 7.04. The Hall–Kier alpha value is -1.32. The Labute approximate surface area is 99.7 Å². The zero-order chi connectivity index (χ0) is 11.8. The molecule has 0 saturated carbocycles. The molecular formula is C12H14ClNO2. The van der Waals surface area contributed by atoms with Crippen molar-refractivity contribution < 1.29 is 9.90 Å². The van der Waals surface area contributed by atoms with Gasteiger partial charge in [-0.3, -0.25) is 0 Å². The van der Waals surface area contributed by atoms with E-state index in [1.807, 2.05) is 24.3 Å². The molecule has 0 spiro atoms. The van der Waals surface area contributed by atoms with Crippen molar-refractivity contribution in [2.75, 3.05) is 13.1 Å². The molecule has 1 aromatic carbocycles. The van der Waals surface area contributed by atoms with Crippen LogP contribution in [0.25, 0.3) is 0 Å². The lowest BCUT2D eigenvalue weighted by Gasteiger charge is -2.02. The Morgan fingerprint density at radius 3 is 2.69 bits per heavy atom. The number of benzene rings is 1. The summed E-state index contributed by atoms with van der Waals surface area (Å²) in [5, 5.41) is 12.2. The minimum atomic E-state index is -0.917. The highest BCUT2D eigenvalue weighted by Gasteiger charge is 1.92. The molecule has 0 atom stereocenters. The van der Waals surface area contributed by atoms with Gasteiger partial charge in [0.15, 0.2) is 0 Å². The number of nitrogens with one attached hydrogen (secondary N) is 1. The van der Waals surface area contributed by atoms with Gasteiger partial charge in [-0.1, -0.05) is 29.8 Å². The zero-order valence-electron chi connectivity index (χ0n) is 8.82. The van der Waals surface area contributed by atoms with Crippen LogP contribution in [0.5, 0.6) is 0 Å². The van der Waals surface area contributed by atoms with Crippen molar-refractivity contribution in [2.45, 2.75) is 6.42 Å². The lowest BCUT2D eigenvalue weighted by atomic mass is 10.1. The summed E-state index contributed by atoms with van der Waals surface area (Å²) in [6, 6.07) is 7.69. The van der Waals surface area contributed by atoms with Crippen LogP contribution < -0.4 is 5.32 Å². The largest absolute Gasteiger partial charge is 0.478 e. The first-order valence-electron chi connectivity index (χ1n) is 5.03. The molecule has 3 nitrogen and oxygen atoms in total. The van der Waals surface area contributed by atoms with Gasteiger partial charge in [-0.25, -0.2) is 4.79 Å². The second-order valence-corrected chi connectivity index (χ2v) is 3.76. The average Bonchev–Trinajstić information content (AvgIpc) is 2.25. The Morgan fingerprint density at radius 2 is 2.06 bits per heavy atom. The van der Waals surface area contributed by atoms with E-state index in [2.05, 4.69) is 5.32 Å². The first-order valence-corrected chi connectivity index (χ1v) is 5.41. The predicted molar refractivity (Wildman–Crippen MR) is 64.8 cm³/mol. The summed E-state index contributed by atoms with van der Waals surface area (Å²) < 4.78 is 0. The molecule has 0 radical (unpaired) electrons. The predicted octanol–water partition coefficient (Wildman–Crippen LogP) is 2.11. The maximum absolute atomic E-state index is 10.2. The number of carboxylic acid groups (broad SMARTS) is 1. The highest BCUT2D eigenvalue weighted by molar-refractivity contribution is 6.30. The summed E-state index contributed by atoms with van der Waals surface area (Å²) in [6.07, 6.45) is 3.62. The fourth-order valence-electron chi connectivity index (χ4n) is 1.23. The summed E-state index contributed by atoms with van der Waals surface area (Å²) in [7, 11) is 0. The van der Waals surface area contributed by atoms with E-state index in [9.17, 15) is 4.79 Å². The molecule has 1 aromatic rings. The van der Waals surface area contributed by atoms with E-state index in [1.165, 1.54) is 5.56 Å². The topological polar surface area (TPSA) is 49.3 Å². The van der Waals surface area contributed by atoms with Crippen molar-refractivity contribution in [3.8, 4) is 0 Å². The van der Waals surface area contributed by atoms with E-state index in [0.717, 1.165) is 24.1 Å². The molecule has 0 heterocycles. The third-order valence-corrected chi connectivity index (χ3v) is 2.28. The lowest BCUT2D eigenvalue weighted by molar-refractivity contribution is -0.131. The van der Waals surface area contributed by atoms with Gasteiger partial charge >= 0.3 is 5.97 Å². The molecule has 1 rings (SSSR count). The summed E-state index contributed by atoms with van der Waals surface area (Å²) in [5.41, 5.74) is 1.21. The lowest BCUT2D eigenvalue weighted by Crippen LogP contribution is -2.17. The molecule has 0 bridgehead atoms. The number of aliphatic carboxylic acids is 1. The van der Waals surface area contributed by atoms with E-state index >= 15 is 0 Å². The minimum absolute atomic E-state index is 0.569. The summed E-state index contributed by atoms with van der Waals surface area (Å²) in [6.45, 7) is 1.38. The molecular weight excluding hydrogens is 226 g/mol. The smallest absolute Gasteiger partial charge is 0.328 e. The summed E-state index contributed by atoms with van der Waals surface area (Å²) >= 11 is 5.76. The van der Waals surface area contributed by atoms with E-state index in [1.54, 1.807) is 6.08 Å². The van der Waals surface area contributed by atoms with Gasteiger partial charge < -0.3 is 10.4 Å². The van der Waals surface area contributed by atoms with Crippen LogP contribution in [-0.4, -0.2) is 24.2 Å². The minimum Gasteiger partial charge on any atom is -0.478 e. The van der Waals surface area contributed by atoms with Gasteiger partial charge in [0.25, 0.3) is 0 Å². The molecule has 0 amide bonds. The van der Waals surface area contributed by atoms with Crippen LogP contribution in [0.1, 0.15) is 5.56 Å². The van der Waals surface area contributed by atoms with Gasteiger partial charge in [-0.15, -0.1) is 0 Å². The van der Waals surface area contributed by atoms with Crippen molar-refractivity contribution in [3.05, 3.63) is 47.0 Å². The van der Waals surface area contributed by atoms with Crippen LogP contribution >= 0.6 is 11.6 Å². The van der Waals surface area contributed by atoms with Gasteiger partial charge in [0.1, 0.15) is 0 Å². The number of rotatable bonds is 6. The van der Waals surface area contributed by atoms with E-state index < -0.39 is 5.97 Å². The third kappa shape index (κ3) is 5.53. The Bertz CT molecular complexity index is 360. The molecule has 0 aromatic heterocycles. The molecule has 2 N–H and O–H groups in total. The van der Waals surface area contributed by atoms with Gasteiger partial charge in [0, 0.05) is 17.6 Å². The maximum atomic E-state index is 10.2. The Balaban J connectivity index is 2.16. The second-order valence-electron chi connectivity index (χ2n) is 3.32. The van der Waals surface area contributed by atoms with Crippen LogP contribution in [0, 0.1) is 0 Å². The van der Waals surface area contributed by atoms with Crippen LogP contribution in [-0.2, 0) is 11.2 Å². The molecule has 4 heteroatoms. The molecule has 0 aliphatic carbocycles. The molecule has 0 saturated heterocycles. The maximum Gasteiger partial charge on any atom is 0.328 e. The molecule has 16 heavy (non-hydrogen) atoms. The number of hydrogen-bond acceptors (Lipinski definition) is 2. The van der Waals surface area contributed by atoms with Gasteiger partial charge in [0.2, 0.25) is 0 Å². The quantitative estimate of drug-likeness (QED) is 0.591. The highest BCUT2D eigenvalue weighted by Crippen LogP contribution is 2.09. The van der Waals surface area contributed by atoms with E-state index in [0.29, 0.717) is 6.54 Å². The first-order chi connectivity index (χ1) is 7.68. The van der Waals surface area contributed by atoms with Crippen molar-refractivity contribution >= 4 is 17.6 Å². The fourth-order valence-corrected chi connectivity index (χ4v) is 1.35. The number of carboxylic acids is 1. The van der Waals surface area contributed by atoms with Crippen LogP contribution in [0.3, 0.4) is 0 Å². The van der Waals surface area contributed by atoms with E-state index in [-0.39, 0.29) is 0 Å². The van der Waals surface area contributed by atoms with E-state index in [4.69, 9.17) is 16.7 Å². The standard InChI is InChI=1S/C12H14ClNO2/c13-11-5-3-10(4-6-11)7-9-14-8-1-2-12(15)16/h1-6,14H,7-9H2,(H,15,16)/b2-1+. The molecule has 0 fully saturated rings. The molecule has 0 aliphatic rings. The van der Waals surface area contributed by atoms with Gasteiger partial charge in [-0.2, -0.15) is 0 Å². The third-order valence-electron chi connectivity index (χ3n) is 2.03. The SMILES string of the molecule is O=C(O)/C=C/CNCCc1ccc(Cl)cc1. The summed E-state index contributed by atoms with van der Waals surface area (Å²) in [5.74, 6) is -0.917. The Kier molecular flexibility index (Phi) is 5.61. The normalized spacial score (nSPS) is 10.8. The zero-order valence-corrected chi connectivity index (χ0v) is 9.57. The van der Waals surface area contributed by atoms with Crippen molar-refractivity contribution in [1.82, 2.24) is 5.32 Å². The van der Waals surface area contributed by atoms with Gasteiger partial charge in [0.05, 0.1) is 0 Å². The van der Waals surface area contributed by atoms with Crippen LogP contribution in [0.2, 0.25) is 5.02 Å². The average molecular weight is 240 g/mol. The van der Waals surface area contributed by atoms with Crippen LogP contribution in [0.4, 0.5) is 0 Å². The Morgan fingerprint density at radius 1 is 1.38 bits per heavy atom. The van der Waals surface area contributed by atoms with Crippen LogP contribution in [0.15, 0.2) is 36.4 Å². The fraction of sp³-hybridized carbons (Fsp3) is 0.250. The van der Waals surface area contributed by atoms with Crippen molar-refractivity contribution in [2.24, 2.45) is 0 Å². The molecule has 0 unspecified atom stereocenters. The number of hydrogen-bond donors (Lipinski definition) is 2. The first kappa shape index (κ1) is 12.7. The molecule has 86 valence electrons. The van der Waals surface area contributed by atoms with Gasteiger partial charge in [-0.05, 0) is 30.7 Å². The molecule has 0 aliphatic heterocycles.